The van der Waals surface area contributed by atoms with Gasteiger partial charge in [-0.15, -0.1) is 0 Å². The van der Waals surface area contributed by atoms with E-state index in [4.69, 9.17) is 0 Å². The number of H-pyrrole nitrogens is 1. The predicted octanol–water partition coefficient (Wildman–Crippen LogP) is 1.32. The molecule has 4 N–H and O–H groups in total. The molecule has 2 aromatic rings. The van der Waals surface area contributed by atoms with Crippen molar-refractivity contribution in [2.75, 3.05) is 5.43 Å². The summed E-state index contributed by atoms with van der Waals surface area (Å²) < 4.78 is 0. The summed E-state index contributed by atoms with van der Waals surface area (Å²) in [5.74, 6) is -0.189. The largest absolute Gasteiger partial charge is 0.504 e. The SMILES string of the molecule is CC(C)(C)c1n[nH]c(=O)nc1N/N=C/c1ccc(O)c(O)c1. The fraction of sp³-hybridized carbons (Fsp3) is 0.286. The monoisotopic (exact) mass is 303 g/mol. The van der Waals surface area contributed by atoms with E-state index in [0.29, 0.717) is 11.3 Å². The maximum absolute atomic E-state index is 11.3. The highest BCUT2D eigenvalue weighted by Gasteiger charge is 2.21. The summed E-state index contributed by atoms with van der Waals surface area (Å²) in [6.45, 7) is 5.80. The zero-order chi connectivity index (χ0) is 16.3. The first-order valence-corrected chi connectivity index (χ1v) is 6.55. The summed E-state index contributed by atoms with van der Waals surface area (Å²) >= 11 is 0. The molecule has 1 aromatic heterocycles. The normalized spacial score (nSPS) is 11.8. The number of hydrazone groups is 1. The number of aromatic amines is 1. The highest BCUT2D eigenvalue weighted by atomic mass is 16.3. The van der Waals surface area contributed by atoms with Gasteiger partial charge in [0.25, 0.3) is 0 Å². The molecular formula is C14H17N5O3. The maximum atomic E-state index is 11.3. The van der Waals surface area contributed by atoms with Crippen LogP contribution >= 0.6 is 0 Å². The van der Waals surface area contributed by atoms with Crippen LogP contribution in [-0.2, 0) is 5.41 Å². The Morgan fingerprint density at radius 3 is 2.64 bits per heavy atom. The molecule has 116 valence electrons. The second-order valence-electron chi connectivity index (χ2n) is 5.71. The summed E-state index contributed by atoms with van der Waals surface area (Å²) in [4.78, 5) is 15.1. The van der Waals surface area contributed by atoms with Gasteiger partial charge < -0.3 is 10.2 Å². The number of aromatic hydroxyl groups is 2. The fourth-order valence-corrected chi connectivity index (χ4v) is 1.73. The molecule has 2 rings (SSSR count). The average molecular weight is 303 g/mol. The first-order valence-electron chi connectivity index (χ1n) is 6.55. The van der Waals surface area contributed by atoms with Gasteiger partial charge in [0, 0.05) is 5.41 Å². The van der Waals surface area contributed by atoms with Crippen LogP contribution in [0.5, 0.6) is 11.5 Å². The first kappa shape index (κ1) is 15.5. The first-order chi connectivity index (χ1) is 10.3. The van der Waals surface area contributed by atoms with E-state index in [1.54, 1.807) is 6.07 Å². The van der Waals surface area contributed by atoms with Crippen molar-refractivity contribution in [3.63, 3.8) is 0 Å². The molecule has 0 amide bonds. The van der Waals surface area contributed by atoms with Gasteiger partial charge in [0.05, 0.1) is 6.21 Å². The molecular weight excluding hydrogens is 286 g/mol. The average Bonchev–Trinajstić information content (AvgIpc) is 2.41. The van der Waals surface area contributed by atoms with Crippen molar-refractivity contribution in [3.8, 4) is 11.5 Å². The summed E-state index contributed by atoms with van der Waals surface area (Å²) in [5.41, 5.74) is 2.91. The Bertz CT molecular complexity index is 762. The third kappa shape index (κ3) is 3.60. The molecule has 0 spiro atoms. The van der Waals surface area contributed by atoms with Gasteiger partial charge in [0.2, 0.25) is 0 Å². The van der Waals surface area contributed by atoms with Crippen LogP contribution in [-0.4, -0.2) is 31.6 Å². The Labute approximate surface area is 126 Å². The Hall–Kier alpha value is -2.90. The van der Waals surface area contributed by atoms with Gasteiger partial charge in [0.15, 0.2) is 17.3 Å². The molecule has 8 heteroatoms. The van der Waals surface area contributed by atoms with Crippen molar-refractivity contribution in [1.82, 2.24) is 15.2 Å². The number of rotatable bonds is 3. The van der Waals surface area contributed by atoms with Crippen LogP contribution < -0.4 is 11.1 Å². The van der Waals surface area contributed by atoms with Crippen LogP contribution in [0.15, 0.2) is 28.1 Å². The number of hydrogen-bond acceptors (Lipinski definition) is 7. The Balaban J connectivity index is 2.24. The lowest BCUT2D eigenvalue weighted by atomic mass is 9.92. The molecule has 8 nitrogen and oxygen atoms in total. The van der Waals surface area contributed by atoms with Crippen LogP contribution in [0, 0.1) is 0 Å². The van der Waals surface area contributed by atoms with Crippen LogP contribution in [0.3, 0.4) is 0 Å². The number of benzene rings is 1. The van der Waals surface area contributed by atoms with Crippen LogP contribution in [0.4, 0.5) is 5.82 Å². The standard InChI is InChI=1S/C14H17N5O3/c1-14(2,3)11-12(16-13(22)19-17-11)18-15-7-8-4-5-9(20)10(21)6-8/h4-7,20-21H,1-3H3,(H2,16,18,19,22)/b15-7+. The number of phenols is 2. The van der Waals surface area contributed by atoms with Gasteiger partial charge in [-0.3, -0.25) is 5.43 Å². The smallest absolute Gasteiger partial charge is 0.363 e. The number of nitrogens with zero attached hydrogens (tertiary/aromatic N) is 3. The number of aromatic nitrogens is 3. The van der Waals surface area contributed by atoms with E-state index < -0.39 is 5.69 Å². The zero-order valence-corrected chi connectivity index (χ0v) is 12.5. The Kier molecular flexibility index (Phi) is 4.11. The molecule has 1 heterocycles. The summed E-state index contributed by atoms with van der Waals surface area (Å²) in [7, 11) is 0. The van der Waals surface area contributed by atoms with Crippen molar-refractivity contribution in [2.24, 2.45) is 5.10 Å². The van der Waals surface area contributed by atoms with Crippen molar-refractivity contribution in [3.05, 3.63) is 39.9 Å². The molecule has 1 aromatic carbocycles. The van der Waals surface area contributed by atoms with Crippen LogP contribution in [0.1, 0.15) is 32.0 Å². The van der Waals surface area contributed by atoms with Gasteiger partial charge in [-0.1, -0.05) is 20.8 Å². The highest BCUT2D eigenvalue weighted by molar-refractivity contribution is 5.81. The number of phenolic OH excluding ortho intramolecular Hbond substituents is 2. The molecule has 0 saturated carbocycles. The molecule has 0 atom stereocenters. The predicted molar refractivity (Wildman–Crippen MR) is 82.3 cm³/mol. The lowest BCUT2D eigenvalue weighted by Crippen LogP contribution is -2.24. The van der Waals surface area contributed by atoms with Gasteiger partial charge in [0.1, 0.15) is 5.69 Å². The summed E-state index contributed by atoms with van der Waals surface area (Å²) in [6.07, 6.45) is 1.43. The minimum absolute atomic E-state index is 0.208. The number of nitrogens with one attached hydrogen (secondary N) is 2. The molecule has 0 fully saturated rings. The van der Waals surface area contributed by atoms with Crippen LogP contribution in [0.25, 0.3) is 0 Å². The second-order valence-corrected chi connectivity index (χ2v) is 5.71. The van der Waals surface area contributed by atoms with E-state index in [0.717, 1.165) is 0 Å². The minimum atomic E-state index is -0.576. The van der Waals surface area contributed by atoms with Gasteiger partial charge >= 0.3 is 5.69 Å². The summed E-state index contributed by atoms with van der Waals surface area (Å²) in [6, 6.07) is 4.29. The van der Waals surface area contributed by atoms with Gasteiger partial charge in [-0.2, -0.15) is 15.2 Å². The Morgan fingerprint density at radius 2 is 2.00 bits per heavy atom. The molecule has 0 aliphatic heterocycles. The van der Waals surface area contributed by atoms with Crippen molar-refractivity contribution < 1.29 is 10.2 Å². The van der Waals surface area contributed by atoms with E-state index >= 15 is 0 Å². The van der Waals surface area contributed by atoms with Gasteiger partial charge in [-0.25, -0.2) is 9.89 Å². The van der Waals surface area contributed by atoms with Crippen molar-refractivity contribution in [2.45, 2.75) is 26.2 Å². The lowest BCUT2D eigenvalue weighted by Gasteiger charge is -2.18. The molecule has 0 aliphatic rings. The topological polar surface area (TPSA) is 123 Å². The maximum Gasteiger partial charge on any atom is 0.363 e. The quantitative estimate of drug-likeness (QED) is 0.385. The van der Waals surface area contributed by atoms with E-state index in [-0.39, 0.29) is 22.7 Å². The minimum Gasteiger partial charge on any atom is -0.504 e. The van der Waals surface area contributed by atoms with Crippen molar-refractivity contribution >= 4 is 12.0 Å². The zero-order valence-electron chi connectivity index (χ0n) is 12.5. The third-order valence-corrected chi connectivity index (χ3v) is 2.79. The molecule has 0 unspecified atom stereocenters. The Morgan fingerprint density at radius 1 is 1.27 bits per heavy atom. The molecule has 0 radical (unpaired) electrons. The van der Waals surface area contributed by atoms with E-state index in [2.05, 4.69) is 25.7 Å². The van der Waals surface area contributed by atoms with E-state index in [1.165, 1.54) is 18.3 Å². The molecule has 0 saturated heterocycles. The highest BCUT2D eigenvalue weighted by Crippen LogP contribution is 2.25. The molecule has 0 aliphatic carbocycles. The third-order valence-electron chi connectivity index (χ3n) is 2.79. The van der Waals surface area contributed by atoms with Crippen LogP contribution in [0.2, 0.25) is 0 Å². The number of hydrogen-bond donors (Lipinski definition) is 4. The number of anilines is 1. The van der Waals surface area contributed by atoms with Gasteiger partial charge in [-0.05, 0) is 23.8 Å². The molecule has 0 bridgehead atoms. The molecule has 22 heavy (non-hydrogen) atoms. The lowest BCUT2D eigenvalue weighted by molar-refractivity contribution is 0.403. The fourth-order valence-electron chi connectivity index (χ4n) is 1.73. The van der Waals surface area contributed by atoms with E-state index in [9.17, 15) is 15.0 Å². The van der Waals surface area contributed by atoms with Crippen molar-refractivity contribution in [1.29, 1.82) is 0 Å². The van der Waals surface area contributed by atoms with E-state index in [1.807, 2.05) is 20.8 Å². The second kappa shape index (κ2) is 5.84. The summed E-state index contributed by atoms with van der Waals surface area (Å²) in [5, 5.41) is 28.9.